The second-order valence-corrected chi connectivity index (χ2v) is 7.86. The molecule has 2 amide bonds. The third-order valence-electron chi connectivity index (χ3n) is 5.68. The molecule has 32 heavy (non-hydrogen) atoms. The van der Waals surface area contributed by atoms with Crippen LogP contribution in [0, 0.1) is 6.92 Å². The van der Waals surface area contributed by atoms with Gasteiger partial charge in [-0.15, -0.1) is 0 Å². The summed E-state index contributed by atoms with van der Waals surface area (Å²) in [5.74, 6) is -0.443. The maximum atomic E-state index is 12.5. The lowest BCUT2D eigenvalue weighted by molar-refractivity contribution is -0.162. The Labute approximate surface area is 186 Å². The van der Waals surface area contributed by atoms with Crippen molar-refractivity contribution in [2.75, 3.05) is 18.5 Å². The number of anilines is 1. The Hall–Kier alpha value is -3.49. The minimum Gasteiger partial charge on any atom is -0.394 e. The van der Waals surface area contributed by atoms with Crippen molar-refractivity contribution >= 4 is 17.5 Å². The van der Waals surface area contributed by atoms with E-state index in [-0.39, 0.29) is 25.0 Å². The van der Waals surface area contributed by atoms with Crippen LogP contribution in [0.5, 0.6) is 0 Å². The van der Waals surface area contributed by atoms with Gasteiger partial charge in [-0.05, 0) is 36.2 Å². The van der Waals surface area contributed by atoms with Gasteiger partial charge in [0.1, 0.15) is 12.7 Å². The van der Waals surface area contributed by atoms with Gasteiger partial charge in [-0.2, -0.15) is 5.10 Å². The second-order valence-electron chi connectivity index (χ2n) is 7.86. The number of amides is 2. The number of aromatic nitrogens is 2. The Balaban J connectivity index is 1.48. The number of nitrogens with zero attached hydrogens (tertiary/aromatic N) is 3. The highest BCUT2D eigenvalue weighted by Crippen LogP contribution is 2.31. The van der Waals surface area contributed by atoms with E-state index in [1.54, 1.807) is 34.8 Å². The minimum absolute atomic E-state index is 0.0501. The molecule has 1 aliphatic rings. The van der Waals surface area contributed by atoms with Crippen molar-refractivity contribution < 1.29 is 19.4 Å². The first-order valence-corrected chi connectivity index (χ1v) is 10.4. The molecule has 1 aliphatic heterocycles. The van der Waals surface area contributed by atoms with Crippen LogP contribution in [0.1, 0.15) is 33.4 Å². The molecule has 0 saturated carbocycles. The molecule has 1 aromatic heterocycles. The quantitative estimate of drug-likeness (QED) is 0.621. The lowest BCUT2D eigenvalue weighted by Crippen LogP contribution is -2.52. The minimum atomic E-state index is -0.506. The van der Waals surface area contributed by atoms with Gasteiger partial charge in [-0.3, -0.25) is 14.3 Å². The van der Waals surface area contributed by atoms with Gasteiger partial charge >= 0.3 is 0 Å². The summed E-state index contributed by atoms with van der Waals surface area (Å²) in [6.45, 7) is 2.01. The average Bonchev–Trinajstić information content (AvgIpc) is 3.15. The van der Waals surface area contributed by atoms with E-state index in [4.69, 9.17) is 4.74 Å². The van der Waals surface area contributed by atoms with Gasteiger partial charge < -0.3 is 20.1 Å². The highest BCUT2D eigenvalue weighted by atomic mass is 16.5. The molecule has 1 fully saturated rings. The molecule has 2 atom stereocenters. The summed E-state index contributed by atoms with van der Waals surface area (Å²) in [7, 11) is 1.79. The number of ether oxygens (including phenoxy) is 1. The number of aliphatic hydroxyl groups excluding tert-OH is 1. The van der Waals surface area contributed by atoms with Crippen LogP contribution in [0.2, 0.25) is 0 Å². The van der Waals surface area contributed by atoms with Gasteiger partial charge in [0.25, 0.3) is 5.91 Å². The third-order valence-corrected chi connectivity index (χ3v) is 5.68. The molecule has 166 valence electrons. The standard InChI is InChI=1S/C24H26N4O4/c1-16-12-20(26-27(16)2)24(31)25-19-10-8-18(9-11-19)23-21(14-29)28(22(30)15-32-23)13-17-6-4-3-5-7-17/h3-12,21,23,29H,13-15H2,1-2H3,(H,25,31)/t21-,23-/m1/s1. The number of rotatable bonds is 6. The van der Waals surface area contributed by atoms with E-state index in [1.807, 2.05) is 49.4 Å². The lowest BCUT2D eigenvalue weighted by atomic mass is 9.98. The van der Waals surface area contributed by atoms with Crippen LogP contribution in [-0.4, -0.2) is 50.9 Å². The predicted octanol–water partition coefficient (Wildman–Crippen LogP) is 2.44. The van der Waals surface area contributed by atoms with E-state index < -0.39 is 12.1 Å². The largest absolute Gasteiger partial charge is 0.394 e. The topological polar surface area (TPSA) is 96.7 Å². The normalized spacial score (nSPS) is 18.6. The van der Waals surface area contributed by atoms with Gasteiger partial charge in [0.05, 0.1) is 12.6 Å². The van der Waals surface area contributed by atoms with Crippen LogP contribution in [0.25, 0.3) is 0 Å². The number of hydrogen-bond acceptors (Lipinski definition) is 5. The Morgan fingerprint density at radius 3 is 2.53 bits per heavy atom. The van der Waals surface area contributed by atoms with Gasteiger partial charge in [-0.25, -0.2) is 0 Å². The number of hydrogen-bond donors (Lipinski definition) is 2. The summed E-state index contributed by atoms with van der Waals surface area (Å²) in [6.07, 6.45) is -0.468. The maximum Gasteiger partial charge on any atom is 0.276 e. The Morgan fingerprint density at radius 2 is 1.91 bits per heavy atom. The molecule has 8 nitrogen and oxygen atoms in total. The average molecular weight is 434 g/mol. The number of aryl methyl sites for hydroxylation is 2. The molecule has 3 aromatic rings. The molecule has 4 rings (SSSR count). The summed E-state index contributed by atoms with van der Waals surface area (Å²) in [5, 5.41) is 17.1. The summed E-state index contributed by atoms with van der Waals surface area (Å²) < 4.78 is 7.45. The Bertz CT molecular complexity index is 1080. The van der Waals surface area contributed by atoms with Crippen LogP contribution in [0.3, 0.4) is 0 Å². The highest BCUT2D eigenvalue weighted by Gasteiger charge is 2.37. The second kappa shape index (κ2) is 9.33. The Kier molecular flexibility index (Phi) is 6.34. The van der Waals surface area contributed by atoms with Crippen LogP contribution in [-0.2, 0) is 23.1 Å². The first-order valence-electron chi connectivity index (χ1n) is 10.4. The van der Waals surface area contributed by atoms with Crippen molar-refractivity contribution in [1.29, 1.82) is 0 Å². The van der Waals surface area contributed by atoms with Crippen LogP contribution in [0.15, 0.2) is 60.7 Å². The zero-order chi connectivity index (χ0) is 22.7. The fraction of sp³-hybridized carbons (Fsp3) is 0.292. The van der Waals surface area contributed by atoms with Crippen molar-refractivity contribution in [2.24, 2.45) is 7.05 Å². The number of carbonyl (C=O) groups is 2. The van der Waals surface area contributed by atoms with Crippen molar-refractivity contribution in [3.8, 4) is 0 Å². The summed E-state index contributed by atoms with van der Waals surface area (Å²) in [6, 6.07) is 18.1. The summed E-state index contributed by atoms with van der Waals surface area (Å²) in [4.78, 5) is 26.6. The molecule has 2 aromatic carbocycles. The molecule has 2 heterocycles. The number of carbonyl (C=O) groups excluding carboxylic acids is 2. The van der Waals surface area contributed by atoms with E-state index in [0.29, 0.717) is 17.9 Å². The molecule has 0 aliphatic carbocycles. The summed E-state index contributed by atoms with van der Waals surface area (Å²) >= 11 is 0. The van der Waals surface area contributed by atoms with Crippen molar-refractivity contribution in [2.45, 2.75) is 25.6 Å². The molecule has 0 spiro atoms. The van der Waals surface area contributed by atoms with Crippen LogP contribution < -0.4 is 5.32 Å². The predicted molar refractivity (Wildman–Crippen MR) is 119 cm³/mol. The van der Waals surface area contributed by atoms with Crippen LogP contribution in [0.4, 0.5) is 5.69 Å². The molecule has 2 N–H and O–H groups in total. The van der Waals surface area contributed by atoms with E-state index in [2.05, 4.69) is 10.4 Å². The van der Waals surface area contributed by atoms with E-state index in [9.17, 15) is 14.7 Å². The Morgan fingerprint density at radius 1 is 1.19 bits per heavy atom. The number of aliphatic hydroxyl groups is 1. The van der Waals surface area contributed by atoms with E-state index in [0.717, 1.165) is 16.8 Å². The molecule has 0 unspecified atom stereocenters. The zero-order valence-corrected chi connectivity index (χ0v) is 18.1. The SMILES string of the molecule is Cc1cc(C(=O)Nc2ccc([C@H]3OCC(=O)N(Cc4ccccc4)[C@@H]3CO)cc2)nn1C. The van der Waals surface area contributed by atoms with Gasteiger partial charge in [-0.1, -0.05) is 42.5 Å². The van der Waals surface area contributed by atoms with Gasteiger partial charge in [0.15, 0.2) is 5.69 Å². The van der Waals surface area contributed by atoms with Crippen molar-refractivity contribution in [1.82, 2.24) is 14.7 Å². The smallest absolute Gasteiger partial charge is 0.276 e. The van der Waals surface area contributed by atoms with Crippen molar-refractivity contribution in [3.05, 3.63) is 83.2 Å². The van der Waals surface area contributed by atoms with Gasteiger partial charge in [0.2, 0.25) is 5.91 Å². The van der Waals surface area contributed by atoms with Crippen LogP contribution >= 0.6 is 0 Å². The van der Waals surface area contributed by atoms with E-state index >= 15 is 0 Å². The fourth-order valence-corrected chi connectivity index (χ4v) is 3.82. The fourth-order valence-electron chi connectivity index (χ4n) is 3.82. The number of benzene rings is 2. The first-order chi connectivity index (χ1) is 15.5. The maximum absolute atomic E-state index is 12.5. The molecular weight excluding hydrogens is 408 g/mol. The third kappa shape index (κ3) is 4.56. The number of nitrogens with one attached hydrogen (secondary N) is 1. The van der Waals surface area contributed by atoms with E-state index in [1.165, 1.54) is 0 Å². The molecule has 0 radical (unpaired) electrons. The molecular formula is C24H26N4O4. The monoisotopic (exact) mass is 434 g/mol. The highest BCUT2D eigenvalue weighted by molar-refractivity contribution is 6.02. The molecule has 0 bridgehead atoms. The lowest BCUT2D eigenvalue weighted by Gasteiger charge is -2.40. The zero-order valence-electron chi connectivity index (χ0n) is 18.1. The van der Waals surface area contributed by atoms with Crippen molar-refractivity contribution in [3.63, 3.8) is 0 Å². The number of morpholine rings is 1. The molecule has 8 heteroatoms. The molecule has 1 saturated heterocycles. The summed E-state index contributed by atoms with van der Waals surface area (Å²) in [5.41, 5.74) is 3.67. The van der Waals surface area contributed by atoms with Gasteiger partial charge in [0, 0.05) is 25.0 Å². The first kappa shape index (κ1) is 21.7.